The van der Waals surface area contributed by atoms with Crippen LogP contribution in [-0.4, -0.2) is 11.6 Å². The standard InChI is InChI=1S/C24H52N2/c1-4-6-8-11-15-19-23(25)20-16-12-10-14-18-22-24(3,26)21-17-13-9-7-5-2/h23H,4-22,25-26H2,1-3H3. The van der Waals surface area contributed by atoms with E-state index >= 15 is 0 Å². The van der Waals surface area contributed by atoms with Crippen molar-refractivity contribution in [1.82, 2.24) is 0 Å². The monoisotopic (exact) mass is 368 g/mol. The summed E-state index contributed by atoms with van der Waals surface area (Å²) in [5.74, 6) is 0. The zero-order chi connectivity index (χ0) is 19.5. The molecule has 26 heavy (non-hydrogen) atoms. The summed E-state index contributed by atoms with van der Waals surface area (Å²) >= 11 is 0. The van der Waals surface area contributed by atoms with Gasteiger partial charge in [0, 0.05) is 11.6 Å². The van der Waals surface area contributed by atoms with Crippen LogP contribution in [0.5, 0.6) is 0 Å². The number of nitrogens with two attached hydrogens (primary N) is 2. The second-order valence-corrected chi connectivity index (χ2v) is 9.09. The van der Waals surface area contributed by atoms with Gasteiger partial charge in [0.1, 0.15) is 0 Å². The van der Waals surface area contributed by atoms with Gasteiger partial charge in [-0.25, -0.2) is 0 Å². The molecule has 0 amide bonds. The quantitative estimate of drug-likeness (QED) is 0.219. The number of hydrogen-bond donors (Lipinski definition) is 2. The van der Waals surface area contributed by atoms with Gasteiger partial charge < -0.3 is 11.5 Å². The lowest BCUT2D eigenvalue weighted by molar-refractivity contribution is 0.363. The van der Waals surface area contributed by atoms with E-state index in [9.17, 15) is 0 Å². The molecule has 0 radical (unpaired) electrons. The Kier molecular flexibility index (Phi) is 18.2. The Bertz CT molecular complexity index is 275. The van der Waals surface area contributed by atoms with Crippen LogP contribution in [-0.2, 0) is 0 Å². The van der Waals surface area contributed by atoms with Gasteiger partial charge in [-0.15, -0.1) is 0 Å². The molecule has 0 aromatic heterocycles. The van der Waals surface area contributed by atoms with Gasteiger partial charge in [0.15, 0.2) is 0 Å². The predicted octanol–water partition coefficient (Wildman–Crippen LogP) is 7.48. The Morgan fingerprint density at radius 3 is 1.35 bits per heavy atom. The van der Waals surface area contributed by atoms with E-state index in [0.29, 0.717) is 6.04 Å². The van der Waals surface area contributed by atoms with Crippen LogP contribution in [0.15, 0.2) is 0 Å². The largest absolute Gasteiger partial charge is 0.328 e. The van der Waals surface area contributed by atoms with Gasteiger partial charge >= 0.3 is 0 Å². The SMILES string of the molecule is CCCCCCCC(N)CCCCCCCC(C)(N)CCCCCCC. The summed E-state index contributed by atoms with van der Waals surface area (Å²) in [5.41, 5.74) is 12.8. The summed E-state index contributed by atoms with van der Waals surface area (Å²) in [4.78, 5) is 0. The van der Waals surface area contributed by atoms with E-state index in [1.54, 1.807) is 0 Å². The Labute approximate surface area is 166 Å². The van der Waals surface area contributed by atoms with E-state index in [2.05, 4.69) is 20.8 Å². The van der Waals surface area contributed by atoms with E-state index in [-0.39, 0.29) is 5.54 Å². The lowest BCUT2D eigenvalue weighted by atomic mass is 9.89. The third-order valence-electron chi connectivity index (χ3n) is 5.85. The average Bonchev–Trinajstić information content (AvgIpc) is 2.60. The highest BCUT2D eigenvalue weighted by Gasteiger charge is 2.16. The van der Waals surface area contributed by atoms with Gasteiger partial charge in [0.05, 0.1) is 0 Å². The van der Waals surface area contributed by atoms with Crippen molar-refractivity contribution in [3.63, 3.8) is 0 Å². The second kappa shape index (κ2) is 18.3. The number of rotatable bonds is 20. The van der Waals surface area contributed by atoms with E-state index < -0.39 is 0 Å². The fraction of sp³-hybridized carbons (Fsp3) is 1.00. The van der Waals surface area contributed by atoms with Crippen LogP contribution >= 0.6 is 0 Å². The summed E-state index contributed by atoms with van der Waals surface area (Å²) in [6.45, 7) is 6.80. The highest BCUT2D eigenvalue weighted by Crippen LogP contribution is 2.20. The molecule has 0 aromatic carbocycles. The highest BCUT2D eigenvalue weighted by molar-refractivity contribution is 4.78. The first kappa shape index (κ1) is 25.9. The lowest BCUT2D eigenvalue weighted by Crippen LogP contribution is -2.35. The minimum atomic E-state index is 0.0618. The van der Waals surface area contributed by atoms with Crippen molar-refractivity contribution >= 4 is 0 Å². The zero-order valence-electron chi connectivity index (χ0n) is 18.7. The molecular formula is C24H52N2. The predicted molar refractivity (Wildman–Crippen MR) is 120 cm³/mol. The molecule has 0 spiro atoms. The Hall–Kier alpha value is -0.0800. The van der Waals surface area contributed by atoms with Gasteiger partial charge in [-0.05, 0) is 32.6 Å². The molecule has 0 heterocycles. The third kappa shape index (κ3) is 18.7. The smallest absolute Gasteiger partial charge is 0.0125 e. The average molecular weight is 369 g/mol. The molecule has 4 N–H and O–H groups in total. The zero-order valence-corrected chi connectivity index (χ0v) is 18.7. The lowest BCUT2D eigenvalue weighted by Gasteiger charge is -2.24. The Balaban J connectivity index is 3.40. The van der Waals surface area contributed by atoms with Crippen LogP contribution in [0.2, 0.25) is 0 Å². The molecule has 2 heteroatoms. The molecule has 0 aliphatic carbocycles. The molecule has 0 fully saturated rings. The summed E-state index contributed by atoms with van der Waals surface area (Å²) in [5, 5.41) is 0. The molecule has 0 aliphatic rings. The van der Waals surface area contributed by atoms with Crippen LogP contribution in [0.3, 0.4) is 0 Å². The molecule has 0 bridgehead atoms. The maximum atomic E-state index is 6.47. The van der Waals surface area contributed by atoms with E-state index in [1.165, 1.54) is 122 Å². The van der Waals surface area contributed by atoms with Crippen LogP contribution in [0.25, 0.3) is 0 Å². The van der Waals surface area contributed by atoms with Crippen molar-refractivity contribution in [1.29, 1.82) is 0 Å². The molecule has 0 aliphatic heterocycles. The summed E-state index contributed by atoms with van der Waals surface area (Å²) in [6.07, 6.45) is 25.1. The van der Waals surface area contributed by atoms with Crippen LogP contribution in [0.1, 0.15) is 143 Å². The van der Waals surface area contributed by atoms with Gasteiger partial charge in [-0.2, -0.15) is 0 Å². The van der Waals surface area contributed by atoms with Crippen molar-refractivity contribution in [2.45, 2.75) is 154 Å². The van der Waals surface area contributed by atoms with Crippen molar-refractivity contribution in [2.75, 3.05) is 0 Å². The fourth-order valence-electron chi connectivity index (χ4n) is 3.88. The number of hydrogen-bond acceptors (Lipinski definition) is 2. The van der Waals surface area contributed by atoms with Crippen molar-refractivity contribution in [2.24, 2.45) is 11.5 Å². The first-order valence-corrected chi connectivity index (χ1v) is 12.1. The topological polar surface area (TPSA) is 52.0 Å². The third-order valence-corrected chi connectivity index (χ3v) is 5.85. The first-order valence-electron chi connectivity index (χ1n) is 12.1. The van der Waals surface area contributed by atoms with Crippen molar-refractivity contribution < 1.29 is 0 Å². The first-order chi connectivity index (χ1) is 12.5. The molecule has 2 unspecified atom stereocenters. The minimum absolute atomic E-state index is 0.0618. The Morgan fingerprint density at radius 2 is 0.923 bits per heavy atom. The van der Waals surface area contributed by atoms with Crippen LogP contribution < -0.4 is 11.5 Å². The molecule has 0 saturated carbocycles. The number of unbranched alkanes of at least 4 members (excludes halogenated alkanes) is 12. The minimum Gasteiger partial charge on any atom is -0.328 e. The van der Waals surface area contributed by atoms with Crippen LogP contribution in [0, 0.1) is 0 Å². The summed E-state index contributed by atoms with van der Waals surface area (Å²) in [7, 11) is 0. The fourth-order valence-corrected chi connectivity index (χ4v) is 3.88. The van der Waals surface area contributed by atoms with Gasteiger partial charge in [0.2, 0.25) is 0 Å². The maximum absolute atomic E-state index is 6.47. The van der Waals surface area contributed by atoms with Crippen LogP contribution in [0.4, 0.5) is 0 Å². The molecular weight excluding hydrogens is 316 g/mol. The molecule has 0 rings (SSSR count). The Morgan fingerprint density at radius 1 is 0.577 bits per heavy atom. The molecule has 158 valence electrons. The highest BCUT2D eigenvalue weighted by atomic mass is 14.7. The normalized spacial score (nSPS) is 15.1. The van der Waals surface area contributed by atoms with E-state index in [4.69, 9.17) is 11.5 Å². The van der Waals surface area contributed by atoms with Crippen molar-refractivity contribution in [3.8, 4) is 0 Å². The van der Waals surface area contributed by atoms with Gasteiger partial charge in [0.25, 0.3) is 0 Å². The van der Waals surface area contributed by atoms with Crippen molar-refractivity contribution in [3.05, 3.63) is 0 Å². The van der Waals surface area contributed by atoms with Gasteiger partial charge in [-0.3, -0.25) is 0 Å². The summed E-state index contributed by atoms with van der Waals surface area (Å²) in [6, 6.07) is 0.441. The molecule has 2 atom stereocenters. The summed E-state index contributed by atoms with van der Waals surface area (Å²) < 4.78 is 0. The maximum Gasteiger partial charge on any atom is 0.0125 e. The van der Waals surface area contributed by atoms with E-state index in [1.807, 2.05) is 0 Å². The second-order valence-electron chi connectivity index (χ2n) is 9.09. The van der Waals surface area contributed by atoms with Gasteiger partial charge in [-0.1, -0.05) is 110 Å². The molecule has 2 nitrogen and oxygen atoms in total. The molecule has 0 saturated heterocycles. The van der Waals surface area contributed by atoms with E-state index in [0.717, 1.165) is 0 Å². The molecule has 0 aromatic rings.